The van der Waals surface area contributed by atoms with Crippen LogP contribution in [-0.4, -0.2) is 47.6 Å². The highest BCUT2D eigenvalue weighted by atomic mass is 16.4. The number of rotatable bonds is 2. The number of nitrogens with zero attached hydrogens (tertiary/aromatic N) is 1. The molecule has 2 N–H and O–H groups in total. The van der Waals surface area contributed by atoms with Gasteiger partial charge < -0.3 is 15.3 Å². The molecule has 2 saturated heterocycles. The molecule has 0 spiro atoms. The van der Waals surface area contributed by atoms with Crippen LogP contribution in [0, 0.1) is 11.8 Å². The number of piperidine rings is 1. The molecule has 1 amide bonds. The lowest BCUT2D eigenvalue weighted by molar-refractivity contribution is -0.151. The Bertz CT molecular complexity index is 313. The Morgan fingerprint density at radius 2 is 2.12 bits per heavy atom. The Labute approximate surface area is 101 Å². The maximum atomic E-state index is 12.3. The van der Waals surface area contributed by atoms with Gasteiger partial charge in [-0.05, 0) is 31.7 Å². The Hall–Kier alpha value is -1.10. The number of carboxylic acids is 1. The molecule has 5 heteroatoms. The SMILES string of the molecule is CC1CCN(C(=O)C2CCCNC2)C1C(=O)O. The maximum absolute atomic E-state index is 12.3. The van der Waals surface area contributed by atoms with E-state index < -0.39 is 12.0 Å². The summed E-state index contributed by atoms with van der Waals surface area (Å²) in [4.78, 5) is 25.1. The number of carbonyl (C=O) groups excluding carboxylic acids is 1. The van der Waals surface area contributed by atoms with Crippen LogP contribution in [-0.2, 0) is 9.59 Å². The predicted octanol–water partition coefficient (Wildman–Crippen LogP) is 0.308. The largest absolute Gasteiger partial charge is 0.480 e. The molecule has 0 aromatic heterocycles. The second-order valence-electron chi connectivity index (χ2n) is 5.12. The van der Waals surface area contributed by atoms with Crippen LogP contribution in [0.25, 0.3) is 0 Å². The second-order valence-corrected chi connectivity index (χ2v) is 5.12. The summed E-state index contributed by atoms with van der Waals surface area (Å²) in [5.74, 6) is -0.815. The van der Waals surface area contributed by atoms with Crippen molar-refractivity contribution in [1.29, 1.82) is 0 Å². The molecule has 0 aliphatic carbocycles. The van der Waals surface area contributed by atoms with Gasteiger partial charge in [0.2, 0.25) is 5.91 Å². The zero-order chi connectivity index (χ0) is 12.4. The lowest BCUT2D eigenvalue weighted by Crippen LogP contribution is -2.48. The first-order valence-electron chi connectivity index (χ1n) is 6.35. The Kier molecular flexibility index (Phi) is 3.66. The van der Waals surface area contributed by atoms with Gasteiger partial charge in [-0.15, -0.1) is 0 Å². The van der Waals surface area contributed by atoms with E-state index in [2.05, 4.69) is 5.32 Å². The molecule has 0 radical (unpaired) electrons. The van der Waals surface area contributed by atoms with Crippen LogP contribution in [0.1, 0.15) is 26.2 Å². The van der Waals surface area contributed by atoms with Crippen molar-refractivity contribution in [2.45, 2.75) is 32.2 Å². The lowest BCUT2D eigenvalue weighted by Gasteiger charge is -2.30. The fourth-order valence-corrected chi connectivity index (χ4v) is 2.87. The number of nitrogens with one attached hydrogen (secondary N) is 1. The average molecular weight is 240 g/mol. The molecule has 17 heavy (non-hydrogen) atoms. The van der Waals surface area contributed by atoms with Gasteiger partial charge in [-0.3, -0.25) is 4.79 Å². The van der Waals surface area contributed by atoms with Gasteiger partial charge in [0.15, 0.2) is 0 Å². The maximum Gasteiger partial charge on any atom is 0.326 e. The number of likely N-dealkylation sites (tertiary alicyclic amines) is 1. The summed E-state index contributed by atoms with van der Waals surface area (Å²) in [7, 11) is 0. The molecule has 3 atom stereocenters. The van der Waals surface area contributed by atoms with Crippen molar-refractivity contribution in [3.05, 3.63) is 0 Å². The number of hydrogen-bond donors (Lipinski definition) is 2. The van der Waals surface area contributed by atoms with Crippen molar-refractivity contribution in [3.63, 3.8) is 0 Å². The van der Waals surface area contributed by atoms with Crippen LogP contribution in [0.2, 0.25) is 0 Å². The topological polar surface area (TPSA) is 69.6 Å². The summed E-state index contributed by atoms with van der Waals surface area (Å²) < 4.78 is 0. The van der Waals surface area contributed by atoms with Crippen LogP contribution in [0.15, 0.2) is 0 Å². The predicted molar refractivity (Wildman–Crippen MR) is 62.5 cm³/mol. The van der Waals surface area contributed by atoms with E-state index >= 15 is 0 Å². The molecule has 0 aromatic rings. The van der Waals surface area contributed by atoms with Gasteiger partial charge in [0.25, 0.3) is 0 Å². The van der Waals surface area contributed by atoms with Gasteiger partial charge in [-0.1, -0.05) is 6.92 Å². The standard InChI is InChI=1S/C12H20N2O3/c1-8-4-6-14(10(8)12(16)17)11(15)9-3-2-5-13-7-9/h8-10,13H,2-7H2,1H3,(H,16,17). The number of carboxylic acid groups (broad SMARTS) is 1. The smallest absolute Gasteiger partial charge is 0.326 e. The number of hydrogen-bond acceptors (Lipinski definition) is 3. The van der Waals surface area contributed by atoms with Crippen molar-refractivity contribution in [2.75, 3.05) is 19.6 Å². The van der Waals surface area contributed by atoms with E-state index in [1.807, 2.05) is 6.92 Å². The fraction of sp³-hybridized carbons (Fsp3) is 0.833. The van der Waals surface area contributed by atoms with E-state index in [1.54, 1.807) is 4.90 Å². The van der Waals surface area contributed by atoms with Crippen molar-refractivity contribution in [3.8, 4) is 0 Å². The summed E-state index contributed by atoms with van der Waals surface area (Å²) >= 11 is 0. The van der Waals surface area contributed by atoms with Crippen molar-refractivity contribution < 1.29 is 14.7 Å². The highest BCUT2D eigenvalue weighted by Crippen LogP contribution is 2.27. The third kappa shape index (κ3) is 2.44. The third-order valence-electron chi connectivity index (χ3n) is 3.88. The van der Waals surface area contributed by atoms with Gasteiger partial charge in [-0.2, -0.15) is 0 Å². The molecule has 96 valence electrons. The molecular formula is C12H20N2O3. The lowest BCUT2D eigenvalue weighted by atomic mass is 9.97. The van der Waals surface area contributed by atoms with Crippen molar-refractivity contribution >= 4 is 11.9 Å². The Balaban J connectivity index is 2.05. The fourth-order valence-electron chi connectivity index (χ4n) is 2.87. The molecular weight excluding hydrogens is 220 g/mol. The van der Waals surface area contributed by atoms with E-state index in [0.29, 0.717) is 13.1 Å². The molecule has 2 heterocycles. The van der Waals surface area contributed by atoms with E-state index in [9.17, 15) is 14.7 Å². The van der Waals surface area contributed by atoms with E-state index in [4.69, 9.17) is 0 Å². The molecule has 2 rings (SSSR count). The molecule has 0 aromatic carbocycles. The zero-order valence-corrected chi connectivity index (χ0v) is 10.2. The minimum Gasteiger partial charge on any atom is -0.480 e. The number of amides is 1. The number of carbonyl (C=O) groups is 2. The quantitative estimate of drug-likeness (QED) is 0.728. The van der Waals surface area contributed by atoms with Crippen molar-refractivity contribution in [2.24, 2.45) is 11.8 Å². The summed E-state index contributed by atoms with van der Waals surface area (Å²) in [6, 6.07) is -0.621. The first-order chi connectivity index (χ1) is 8.11. The summed E-state index contributed by atoms with van der Waals surface area (Å²) in [6.45, 7) is 4.15. The molecule has 2 aliphatic heterocycles. The van der Waals surface area contributed by atoms with Crippen LogP contribution in [0.4, 0.5) is 0 Å². The molecule has 3 unspecified atom stereocenters. The van der Waals surface area contributed by atoms with Gasteiger partial charge in [-0.25, -0.2) is 4.79 Å². The molecule has 2 aliphatic rings. The van der Waals surface area contributed by atoms with E-state index in [1.165, 1.54) is 0 Å². The molecule has 2 fully saturated rings. The van der Waals surface area contributed by atoms with E-state index in [0.717, 1.165) is 25.8 Å². The van der Waals surface area contributed by atoms with E-state index in [-0.39, 0.29) is 17.7 Å². The Morgan fingerprint density at radius 1 is 1.35 bits per heavy atom. The highest BCUT2D eigenvalue weighted by molar-refractivity contribution is 5.86. The average Bonchev–Trinajstić information content (AvgIpc) is 2.71. The number of aliphatic carboxylic acids is 1. The van der Waals surface area contributed by atoms with Gasteiger partial charge in [0.05, 0.1) is 5.92 Å². The zero-order valence-electron chi connectivity index (χ0n) is 10.2. The first-order valence-corrected chi connectivity index (χ1v) is 6.35. The minimum atomic E-state index is -0.868. The van der Waals surface area contributed by atoms with Crippen LogP contribution in [0.3, 0.4) is 0 Å². The summed E-state index contributed by atoms with van der Waals surface area (Å²) in [6.07, 6.45) is 2.67. The Morgan fingerprint density at radius 3 is 2.71 bits per heavy atom. The van der Waals surface area contributed by atoms with Crippen molar-refractivity contribution in [1.82, 2.24) is 10.2 Å². The highest BCUT2D eigenvalue weighted by Gasteiger charge is 2.41. The van der Waals surface area contributed by atoms with Gasteiger partial charge >= 0.3 is 5.97 Å². The van der Waals surface area contributed by atoms with Crippen LogP contribution in [0.5, 0.6) is 0 Å². The molecule has 0 bridgehead atoms. The first kappa shape index (κ1) is 12.4. The van der Waals surface area contributed by atoms with Gasteiger partial charge in [0.1, 0.15) is 6.04 Å². The summed E-state index contributed by atoms with van der Waals surface area (Å²) in [5, 5.41) is 12.4. The van der Waals surface area contributed by atoms with Gasteiger partial charge in [0, 0.05) is 13.1 Å². The molecule has 0 saturated carbocycles. The second kappa shape index (κ2) is 5.04. The van der Waals surface area contributed by atoms with Crippen LogP contribution >= 0.6 is 0 Å². The minimum absolute atomic E-state index is 0.0222. The van der Waals surface area contributed by atoms with Crippen LogP contribution < -0.4 is 5.32 Å². The summed E-state index contributed by atoms with van der Waals surface area (Å²) in [5.41, 5.74) is 0. The monoisotopic (exact) mass is 240 g/mol. The molecule has 5 nitrogen and oxygen atoms in total. The third-order valence-corrected chi connectivity index (χ3v) is 3.88. The normalized spacial score (nSPS) is 33.7.